The van der Waals surface area contributed by atoms with Crippen molar-refractivity contribution in [1.82, 2.24) is 9.80 Å². The number of hydrogen-bond acceptors (Lipinski definition) is 4. The lowest BCUT2D eigenvalue weighted by Crippen LogP contribution is -2.32. The van der Waals surface area contributed by atoms with Gasteiger partial charge in [0, 0.05) is 19.6 Å². The number of aliphatic hydroxyl groups is 1. The van der Waals surface area contributed by atoms with Gasteiger partial charge in [0.2, 0.25) is 0 Å². The summed E-state index contributed by atoms with van der Waals surface area (Å²) in [4.78, 5) is 4.91. The molecule has 1 rings (SSSR count). The Bertz CT molecular complexity index is 166. The second-order valence-electron chi connectivity index (χ2n) is 4.61. The van der Waals surface area contributed by atoms with Gasteiger partial charge in [-0.3, -0.25) is 4.90 Å². The zero-order chi connectivity index (χ0) is 11.6. The smallest absolute Gasteiger partial charge is 0.0558 e. The highest BCUT2D eigenvalue weighted by molar-refractivity contribution is 4.69. The molecule has 1 aliphatic heterocycles. The Labute approximate surface area is 99.4 Å². The van der Waals surface area contributed by atoms with E-state index in [0.29, 0.717) is 0 Å². The third kappa shape index (κ3) is 5.80. The van der Waals surface area contributed by atoms with E-state index < -0.39 is 0 Å². The van der Waals surface area contributed by atoms with Crippen LogP contribution < -0.4 is 5.73 Å². The molecule has 0 saturated carbocycles. The molecule has 3 N–H and O–H groups in total. The Balaban J connectivity index is 2.10. The van der Waals surface area contributed by atoms with Gasteiger partial charge in [0.15, 0.2) is 0 Å². The molecule has 1 aliphatic rings. The van der Waals surface area contributed by atoms with Gasteiger partial charge in [0.05, 0.1) is 6.61 Å². The molecule has 0 aromatic heterocycles. The second-order valence-corrected chi connectivity index (χ2v) is 4.61. The first kappa shape index (κ1) is 13.9. The SMILES string of the molecule is NCCCCCN1CCCN(CCO)CC1. The zero-order valence-electron chi connectivity index (χ0n) is 10.4. The standard InChI is InChI=1S/C12H27N3O/c13-5-2-1-3-6-14-7-4-8-15(10-9-14)11-12-16/h16H,1-13H2. The van der Waals surface area contributed by atoms with Crippen molar-refractivity contribution in [1.29, 1.82) is 0 Å². The largest absolute Gasteiger partial charge is 0.395 e. The average molecular weight is 229 g/mol. The molecule has 0 amide bonds. The van der Waals surface area contributed by atoms with Crippen molar-refractivity contribution in [2.45, 2.75) is 25.7 Å². The Morgan fingerprint density at radius 2 is 1.56 bits per heavy atom. The van der Waals surface area contributed by atoms with E-state index in [9.17, 15) is 0 Å². The van der Waals surface area contributed by atoms with Gasteiger partial charge < -0.3 is 15.7 Å². The summed E-state index contributed by atoms with van der Waals surface area (Å²) in [5.41, 5.74) is 5.48. The fourth-order valence-corrected chi connectivity index (χ4v) is 2.27. The Morgan fingerprint density at radius 1 is 0.875 bits per heavy atom. The lowest BCUT2D eigenvalue weighted by atomic mass is 10.2. The topological polar surface area (TPSA) is 52.7 Å². The highest BCUT2D eigenvalue weighted by Gasteiger charge is 2.13. The van der Waals surface area contributed by atoms with Crippen LogP contribution in [-0.4, -0.2) is 67.3 Å². The molecule has 1 heterocycles. The summed E-state index contributed by atoms with van der Waals surface area (Å²) in [5, 5.41) is 8.91. The Morgan fingerprint density at radius 3 is 2.19 bits per heavy atom. The molecular formula is C12H27N3O. The van der Waals surface area contributed by atoms with Crippen molar-refractivity contribution >= 4 is 0 Å². The van der Waals surface area contributed by atoms with Crippen LogP contribution in [-0.2, 0) is 0 Å². The maximum Gasteiger partial charge on any atom is 0.0558 e. The summed E-state index contributed by atoms with van der Waals surface area (Å²) in [6.07, 6.45) is 4.92. The molecule has 16 heavy (non-hydrogen) atoms. The van der Waals surface area contributed by atoms with Crippen LogP contribution in [0.2, 0.25) is 0 Å². The van der Waals surface area contributed by atoms with E-state index in [2.05, 4.69) is 9.80 Å². The molecule has 1 fully saturated rings. The van der Waals surface area contributed by atoms with Crippen LogP contribution in [0.3, 0.4) is 0 Å². The number of nitrogens with zero attached hydrogens (tertiary/aromatic N) is 2. The number of β-amino-alcohol motifs (C(OH)–C–C–N with tert-alkyl or cyclic N) is 1. The predicted molar refractivity (Wildman–Crippen MR) is 67.5 cm³/mol. The molecule has 96 valence electrons. The molecule has 0 bridgehead atoms. The zero-order valence-corrected chi connectivity index (χ0v) is 10.4. The highest BCUT2D eigenvalue weighted by atomic mass is 16.3. The maximum atomic E-state index is 8.91. The predicted octanol–water partition coefficient (Wildman–Crippen LogP) is 0.115. The number of aliphatic hydroxyl groups excluding tert-OH is 1. The minimum absolute atomic E-state index is 0.288. The van der Waals surface area contributed by atoms with Crippen molar-refractivity contribution in [2.75, 3.05) is 52.4 Å². The summed E-state index contributed by atoms with van der Waals surface area (Å²) in [6, 6.07) is 0. The van der Waals surface area contributed by atoms with Gasteiger partial charge in [-0.05, 0) is 45.4 Å². The molecule has 0 aromatic rings. The monoisotopic (exact) mass is 229 g/mol. The van der Waals surface area contributed by atoms with Crippen LogP contribution in [0, 0.1) is 0 Å². The van der Waals surface area contributed by atoms with Crippen molar-refractivity contribution in [3.05, 3.63) is 0 Å². The van der Waals surface area contributed by atoms with Crippen molar-refractivity contribution < 1.29 is 5.11 Å². The van der Waals surface area contributed by atoms with Crippen LogP contribution >= 0.6 is 0 Å². The second kappa shape index (κ2) is 8.93. The third-order valence-corrected chi connectivity index (χ3v) is 3.28. The first-order valence-corrected chi connectivity index (χ1v) is 6.62. The number of nitrogens with two attached hydrogens (primary N) is 1. The first-order chi connectivity index (χ1) is 7.86. The van der Waals surface area contributed by atoms with Crippen LogP contribution in [0.25, 0.3) is 0 Å². The molecule has 0 radical (unpaired) electrons. The molecule has 0 atom stereocenters. The highest BCUT2D eigenvalue weighted by Crippen LogP contribution is 2.05. The molecule has 4 nitrogen and oxygen atoms in total. The minimum atomic E-state index is 0.288. The van der Waals surface area contributed by atoms with E-state index in [1.807, 2.05) is 0 Å². The van der Waals surface area contributed by atoms with Gasteiger partial charge in [0.25, 0.3) is 0 Å². The molecule has 0 spiro atoms. The lowest BCUT2D eigenvalue weighted by molar-refractivity contribution is 0.196. The quantitative estimate of drug-likeness (QED) is 0.609. The molecule has 4 heteroatoms. The molecule has 0 aliphatic carbocycles. The summed E-state index contributed by atoms with van der Waals surface area (Å²) in [7, 11) is 0. The summed E-state index contributed by atoms with van der Waals surface area (Å²) in [5.74, 6) is 0. The number of rotatable bonds is 7. The van der Waals surface area contributed by atoms with Crippen LogP contribution in [0.15, 0.2) is 0 Å². The molecule has 0 unspecified atom stereocenters. The van der Waals surface area contributed by atoms with Crippen molar-refractivity contribution in [3.8, 4) is 0 Å². The molecule has 1 saturated heterocycles. The molecular weight excluding hydrogens is 202 g/mol. The van der Waals surface area contributed by atoms with Crippen molar-refractivity contribution in [3.63, 3.8) is 0 Å². The van der Waals surface area contributed by atoms with Crippen LogP contribution in [0.4, 0.5) is 0 Å². The fraction of sp³-hybridized carbons (Fsp3) is 1.00. The first-order valence-electron chi connectivity index (χ1n) is 6.62. The van der Waals surface area contributed by atoms with Gasteiger partial charge in [-0.1, -0.05) is 6.42 Å². The van der Waals surface area contributed by atoms with E-state index in [4.69, 9.17) is 10.8 Å². The van der Waals surface area contributed by atoms with Gasteiger partial charge in [-0.25, -0.2) is 0 Å². The maximum absolute atomic E-state index is 8.91. The van der Waals surface area contributed by atoms with Crippen molar-refractivity contribution in [2.24, 2.45) is 5.73 Å². The van der Waals surface area contributed by atoms with Gasteiger partial charge in [0.1, 0.15) is 0 Å². The summed E-state index contributed by atoms with van der Waals surface area (Å²) < 4.78 is 0. The van der Waals surface area contributed by atoms with E-state index >= 15 is 0 Å². The average Bonchev–Trinajstić information content (AvgIpc) is 2.51. The minimum Gasteiger partial charge on any atom is -0.395 e. The number of unbranched alkanes of at least 4 members (excludes halogenated alkanes) is 2. The fourth-order valence-electron chi connectivity index (χ4n) is 2.27. The van der Waals surface area contributed by atoms with E-state index in [1.165, 1.54) is 32.4 Å². The van der Waals surface area contributed by atoms with E-state index in [-0.39, 0.29) is 6.61 Å². The lowest BCUT2D eigenvalue weighted by Gasteiger charge is -2.21. The third-order valence-electron chi connectivity index (χ3n) is 3.28. The summed E-state index contributed by atoms with van der Waals surface area (Å²) in [6.45, 7) is 7.78. The van der Waals surface area contributed by atoms with Crippen LogP contribution in [0.5, 0.6) is 0 Å². The number of hydrogen-bond donors (Lipinski definition) is 2. The summed E-state index contributed by atoms with van der Waals surface area (Å²) >= 11 is 0. The van der Waals surface area contributed by atoms with Crippen LogP contribution in [0.1, 0.15) is 25.7 Å². The Hall–Kier alpha value is -0.160. The van der Waals surface area contributed by atoms with E-state index in [1.54, 1.807) is 0 Å². The van der Waals surface area contributed by atoms with Gasteiger partial charge in [-0.2, -0.15) is 0 Å². The van der Waals surface area contributed by atoms with Gasteiger partial charge in [-0.15, -0.1) is 0 Å². The van der Waals surface area contributed by atoms with E-state index in [0.717, 1.165) is 39.1 Å². The Kier molecular flexibility index (Phi) is 7.76. The molecule has 0 aromatic carbocycles. The van der Waals surface area contributed by atoms with Gasteiger partial charge >= 0.3 is 0 Å². The normalized spacial score (nSPS) is 19.9.